The normalized spacial score (nSPS) is 29.8. The molecular formula is C11H17N2O6P. The first kappa shape index (κ1) is 15.3. The molecule has 1 fully saturated rings. The number of H-pyrrole nitrogens is 1. The number of hydrogen-bond acceptors (Lipinski definition) is 6. The zero-order valence-corrected chi connectivity index (χ0v) is 12.1. The maximum absolute atomic E-state index is 11.7. The van der Waals surface area contributed by atoms with Crippen molar-refractivity contribution in [2.24, 2.45) is 0 Å². The molecule has 2 heterocycles. The van der Waals surface area contributed by atoms with Crippen molar-refractivity contribution < 1.29 is 19.1 Å². The van der Waals surface area contributed by atoms with Gasteiger partial charge in [0.05, 0.1) is 19.8 Å². The van der Waals surface area contributed by atoms with Crippen molar-refractivity contribution in [2.75, 3.05) is 20.3 Å². The van der Waals surface area contributed by atoms with Gasteiger partial charge in [-0.15, -0.1) is 0 Å². The van der Waals surface area contributed by atoms with Gasteiger partial charge in [0, 0.05) is 28.8 Å². The lowest BCUT2D eigenvalue weighted by molar-refractivity contribution is -0.0919. The molecule has 0 bridgehead atoms. The molecule has 8 nitrogen and oxygen atoms in total. The Morgan fingerprint density at radius 1 is 1.65 bits per heavy atom. The Hall–Kier alpha value is -1.05. The Morgan fingerprint density at radius 2 is 2.40 bits per heavy atom. The van der Waals surface area contributed by atoms with Crippen LogP contribution in [0.25, 0.3) is 0 Å². The maximum Gasteiger partial charge on any atom is 0.328 e. The van der Waals surface area contributed by atoms with Crippen molar-refractivity contribution >= 4 is 9.47 Å². The van der Waals surface area contributed by atoms with Crippen LogP contribution < -0.4 is 11.2 Å². The van der Waals surface area contributed by atoms with E-state index in [-0.39, 0.29) is 19.8 Å². The first-order chi connectivity index (χ1) is 9.52. The fraction of sp³-hybridized carbons (Fsp3) is 0.636. The summed E-state index contributed by atoms with van der Waals surface area (Å²) >= 11 is 0. The molecule has 20 heavy (non-hydrogen) atoms. The number of nitrogens with zero attached hydrogens (tertiary/aromatic N) is 1. The van der Waals surface area contributed by atoms with E-state index in [2.05, 4.69) is 14.5 Å². The number of hydrogen-bond donors (Lipinski definition) is 2. The topological polar surface area (TPSA) is 103 Å². The number of aromatic nitrogens is 2. The average Bonchev–Trinajstić information content (AvgIpc) is 2.72. The van der Waals surface area contributed by atoms with Crippen LogP contribution >= 0.6 is 9.47 Å². The van der Waals surface area contributed by atoms with Crippen molar-refractivity contribution in [3.05, 3.63) is 33.1 Å². The molecule has 112 valence electrons. The summed E-state index contributed by atoms with van der Waals surface area (Å²) in [6, 6.07) is 1.23. The first-order valence-corrected chi connectivity index (χ1v) is 6.46. The van der Waals surface area contributed by atoms with Crippen LogP contribution in [0.15, 0.2) is 21.9 Å². The van der Waals surface area contributed by atoms with E-state index in [1.807, 2.05) is 0 Å². The fourth-order valence-corrected chi connectivity index (χ4v) is 2.43. The van der Waals surface area contributed by atoms with Gasteiger partial charge in [0.15, 0.2) is 0 Å². The number of ether oxygens (including phenoxy) is 2. The van der Waals surface area contributed by atoms with Crippen molar-refractivity contribution in [3.63, 3.8) is 0 Å². The second-order valence-corrected chi connectivity index (χ2v) is 4.97. The lowest BCUT2D eigenvalue weighted by atomic mass is 9.96. The molecule has 1 saturated heterocycles. The highest BCUT2D eigenvalue weighted by molar-refractivity contribution is 7.09. The predicted octanol–water partition coefficient (Wildman–Crippen LogP) is -1.51. The molecule has 2 N–H and O–H groups in total. The minimum Gasteiger partial charge on any atom is -0.387 e. The quantitative estimate of drug-likeness (QED) is 0.641. The Balaban J connectivity index is 2.24. The lowest BCUT2D eigenvalue weighted by Gasteiger charge is -2.30. The van der Waals surface area contributed by atoms with Crippen LogP contribution in [-0.2, 0) is 20.5 Å². The van der Waals surface area contributed by atoms with Gasteiger partial charge in [-0.1, -0.05) is 0 Å². The van der Waals surface area contributed by atoms with Gasteiger partial charge in [0.25, 0.3) is 5.56 Å². The molecule has 1 aliphatic heterocycles. The van der Waals surface area contributed by atoms with Crippen LogP contribution in [0.1, 0.15) is 0 Å². The van der Waals surface area contributed by atoms with Gasteiger partial charge >= 0.3 is 5.69 Å². The van der Waals surface area contributed by atoms with E-state index < -0.39 is 29.1 Å². The van der Waals surface area contributed by atoms with E-state index in [9.17, 15) is 14.7 Å². The molecule has 0 aromatic carbocycles. The van der Waals surface area contributed by atoms with Crippen molar-refractivity contribution in [2.45, 2.75) is 24.4 Å². The number of nitrogens with one attached hydrogen (secondary N) is 1. The van der Waals surface area contributed by atoms with Gasteiger partial charge in [-0.05, 0) is 0 Å². The molecule has 4 atom stereocenters. The van der Waals surface area contributed by atoms with Crippen molar-refractivity contribution in [1.82, 2.24) is 9.55 Å². The van der Waals surface area contributed by atoms with E-state index in [0.29, 0.717) is 0 Å². The Kier molecular flexibility index (Phi) is 4.72. The summed E-state index contributed by atoms with van der Waals surface area (Å²) < 4.78 is 17.0. The fourth-order valence-electron chi connectivity index (χ4n) is 2.24. The van der Waals surface area contributed by atoms with Crippen LogP contribution in [0, 0.1) is 0 Å². The lowest BCUT2D eigenvalue weighted by Crippen LogP contribution is -2.51. The average molecular weight is 304 g/mol. The van der Waals surface area contributed by atoms with E-state index in [4.69, 9.17) is 14.0 Å². The SMILES string of the molecule is COC1(Cn2ccc(=O)[nH]c2=O)CO[C@H](COP)C1O. The maximum atomic E-state index is 11.7. The highest BCUT2D eigenvalue weighted by Crippen LogP contribution is 2.30. The van der Waals surface area contributed by atoms with Gasteiger partial charge < -0.3 is 19.1 Å². The highest BCUT2D eigenvalue weighted by Gasteiger charge is 2.50. The minimum absolute atomic E-state index is 0.0631. The number of rotatable bonds is 5. The second-order valence-electron chi connectivity index (χ2n) is 4.63. The first-order valence-electron chi connectivity index (χ1n) is 5.98. The molecule has 1 aromatic heterocycles. The van der Waals surface area contributed by atoms with Crippen LogP contribution in [0.4, 0.5) is 0 Å². The molecular weight excluding hydrogens is 287 g/mol. The highest BCUT2D eigenvalue weighted by atomic mass is 31.0. The molecule has 0 aliphatic carbocycles. The zero-order valence-electron chi connectivity index (χ0n) is 10.9. The summed E-state index contributed by atoms with van der Waals surface area (Å²) in [7, 11) is 3.52. The third kappa shape index (κ3) is 2.84. The van der Waals surface area contributed by atoms with Gasteiger partial charge in [0.2, 0.25) is 0 Å². The number of aliphatic hydroxyl groups is 1. The molecule has 0 amide bonds. The third-order valence-electron chi connectivity index (χ3n) is 3.43. The van der Waals surface area contributed by atoms with E-state index in [0.717, 1.165) is 0 Å². The summed E-state index contributed by atoms with van der Waals surface area (Å²) in [5.41, 5.74) is -2.10. The molecule has 1 aromatic rings. The smallest absolute Gasteiger partial charge is 0.328 e. The van der Waals surface area contributed by atoms with E-state index in [1.54, 1.807) is 0 Å². The molecule has 3 unspecified atom stereocenters. The second kappa shape index (κ2) is 6.15. The molecule has 2 rings (SSSR count). The Labute approximate surface area is 117 Å². The molecule has 0 saturated carbocycles. The molecule has 0 radical (unpaired) electrons. The largest absolute Gasteiger partial charge is 0.387 e. The number of aromatic amines is 1. The monoisotopic (exact) mass is 304 g/mol. The molecule has 0 spiro atoms. The van der Waals surface area contributed by atoms with Crippen LogP contribution in [0.3, 0.4) is 0 Å². The summed E-state index contributed by atoms with van der Waals surface area (Å²) in [5, 5.41) is 10.3. The van der Waals surface area contributed by atoms with Gasteiger partial charge in [0.1, 0.15) is 17.8 Å². The van der Waals surface area contributed by atoms with E-state index in [1.165, 1.54) is 23.9 Å². The summed E-state index contributed by atoms with van der Waals surface area (Å²) in [6.45, 7) is 0.375. The number of methoxy groups -OCH3 is 1. The molecule has 9 heteroatoms. The summed E-state index contributed by atoms with van der Waals surface area (Å²) in [4.78, 5) is 24.9. The Morgan fingerprint density at radius 3 is 3.00 bits per heavy atom. The summed E-state index contributed by atoms with van der Waals surface area (Å²) in [5.74, 6) is 0. The number of aliphatic hydroxyl groups excluding tert-OH is 1. The van der Waals surface area contributed by atoms with Crippen LogP contribution in [0.5, 0.6) is 0 Å². The van der Waals surface area contributed by atoms with Crippen molar-refractivity contribution in [3.8, 4) is 0 Å². The predicted molar refractivity (Wildman–Crippen MR) is 72.5 cm³/mol. The summed E-state index contributed by atoms with van der Waals surface area (Å²) in [6.07, 6.45) is -0.133. The van der Waals surface area contributed by atoms with Gasteiger partial charge in [-0.2, -0.15) is 0 Å². The van der Waals surface area contributed by atoms with Gasteiger partial charge in [-0.3, -0.25) is 14.3 Å². The van der Waals surface area contributed by atoms with Crippen molar-refractivity contribution in [1.29, 1.82) is 0 Å². The molecule has 1 aliphatic rings. The van der Waals surface area contributed by atoms with E-state index >= 15 is 0 Å². The third-order valence-corrected chi connectivity index (χ3v) is 3.63. The zero-order chi connectivity index (χ0) is 14.8. The van der Waals surface area contributed by atoms with Crippen LogP contribution in [-0.4, -0.2) is 52.8 Å². The Bertz CT molecular complexity index is 573. The van der Waals surface area contributed by atoms with Crippen LogP contribution in [0.2, 0.25) is 0 Å². The minimum atomic E-state index is -1.06. The van der Waals surface area contributed by atoms with Gasteiger partial charge in [-0.25, -0.2) is 4.79 Å². The standard InChI is InChI=1S/C11H17N2O6P/c1-17-11(6-18-7(4-19-20)9(11)15)5-13-3-2-8(14)12-10(13)16/h2-3,7,9,15H,4-6,20H2,1H3,(H,12,14,16)/t7-,9?,11?/m1/s1.